The van der Waals surface area contributed by atoms with Crippen LogP contribution in [-0.4, -0.2) is 6.54 Å². The van der Waals surface area contributed by atoms with Gasteiger partial charge in [0.2, 0.25) is 0 Å². The van der Waals surface area contributed by atoms with Crippen LogP contribution in [0, 0.1) is 3.57 Å². The van der Waals surface area contributed by atoms with Crippen molar-refractivity contribution in [1.82, 2.24) is 0 Å². The first-order valence-electron chi connectivity index (χ1n) is 5.97. The fourth-order valence-corrected chi connectivity index (χ4v) is 2.32. The van der Waals surface area contributed by atoms with Crippen molar-refractivity contribution in [3.8, 4) is 5.75 Å². The molecule has 0 amide bonds. The summed E-state index contributed by atoms with van der Waals surface area (Å²) in [5.41, 5.74) is 6.85. The molecule has 0 bridgehead atoms. The molecule has 1 atom stereocenters. The predicted molar refractivity (Wildman–Crippen MR) is 82.6 cm³/mol. The Hall–Kier alpha value is -1.07. The van der Waals surface area contributed by atoms with E-state index in [2.05, 4.69) is 34.7 Å². The molecule has 0 aliphatic carbocycles. The van der Waals surface area contributed by atoms with Crippen LogP contribution in [0.1, 0.15) is 18.1 Å². The van der Waals surface area contributed by atoms with Gasteiger partial charge in [-0.25, -0.2) is 0 Å². The van der Waals surface area contributed by atoms with Crippen LogP contribution < -0.4 is 10.5 Å². The van der Waals surface area contributed by atoms with Crippen LogP contribution in [0.15, 0.2) is 54.6 Å². The van der Waals surface area contributed by atoms with Gasteiger partial charge in [0.25, 0.3) is 0 Å². The third-order valence-electron chi connectivity index (χ3n) is 2.71. The second kappa shape index (κ2) is 6.75. The first-order valence-corrected chi connectivity index (χ1v) is 7.05. The molecule has 2 rings (SSSR count). The van der Waals surface area contributed by atoms with Gasteiger partial charge in [-0.05, 0) is 46.8 Å². The van der Waals surface area contributed by atoms with E-state index in [0.29, 0.717) is 6.54 Å². The number of hydrogen-bond donors (Lipinski definition) is 1. The molecule has 0 spiro atoms. The van der Waals surface area contributed by atoms with Crippen LogP contribution in [0.5, 0.6) is 5.75 Å². The number of rotatable bonds is 5. The molecule has 0 heterocycles. The van der Waals surface area contributed by atoms with E-state index in [1.807, 2.05) is 42.5 Å². The molecule has 1 unspecified atom stereocenters. The molecule has 0 radical (unpaired) electrons. The van der Waals surface area contributed by atoms with Crippen molar-refractivity contribution in [3.63, 3.8) is 0 Å². The summed E-state index contributed by atoms with van der Waals surface area (Å²) in [6, 6.07) is 18.3. The quantitative estimate of drug-likeness (QED) is 0.831. The van der Waals surface area contributed by atoms with Crippen molar-refractivity contribution in [1.29, 1.82) is 0 Å². The standard InChI is InChI=1S/C15H16INO/c16-13-8-4-5-9-15(13)18-14(10-11-17)12-6-2-1-3-7-12/h1-9,14H,10-11,17H2. The number of benzene rings is 2. The van der Waals surface area contributed by atoms with E-state index in [0.717, 1.165) is 15.7 Å². The number of hydrogen-bond acceptors (Lipinski definition) is 2. The highest BCUT2D eigenvalue weighted by Crippen LogP contribution is 2.27. The molecular formula is C15H16INO. The average Bonchev–Trinajstić information content (AvgIpc) is 2.42. The van der Waals surface area contributed by atoms with Gasteiger partial charge < -0.3 is 10.5 Å². The number of para-hydroxylation sites is 1. The largest absolute Gasteiger partial charge is 0.485 e. The lowest BCUT2D eigenvalue weighted by molar-refractivity contribution is 0.196. The van der Waals surface area contributed by atoms with E-state index in [9.17, 15) is 0 Å². The molecule has 2 N–H and O–H groups in total. The van der Waals surface area contributed by atoms with Crippen molar-refractivity contribution in [3.05, 3.63) is 63.7 Å². The second-order valence-electron chi connectivity index (χ2n) is 4.02. The van der Waals surface area contributed by atoms with Crippen molar-refractivity contribution >= 4 is 22.6 Å². The lowest BCUT2D eigenvalue weighted by Crippen LogP contribution is -2.13. The Morgan fingerprint density at radius 1 is 1.00 bits per heavy atom. The van der Waals surface area contributed by atoms with Crippen LogP contribution in [0.25, 0.3) is 0 Å². The number of nitrogens with two attached hydrogens (primary N) is 1. The van der Waals surface area contributed by atoms with Gasteiger partial charge in [0, 0.05) is 6.42 Å². The Labute approximate surface area is 121 Å². The first-order chi connectivity index (χ1) is 8.81. The zero-order valence-electron chi connectivity index (χ0n) is 10.1. The Kier molecular flexibility index (Phi) is 5.01. The van der Waals surface area contributed by atoms with Gasteiger partial charge in [-0.2, -0.15) is 0 Å². The summed E-state index contributed by atoms with van der Waals surface area (Å²) < 4.78 is 7.20. The minimum atomic E-state index is 0.0205. The SMILES string of the molecule is NCCC(Oc1ccccc1I)c1ccccc1. The maximum absolute atomic E-state index is 6.08. The normalized spacial score (nSPS) is 12.1. The molecule has 3 heteroatoms. The summed E-state index contributed by atoms with van der Waals surface area (Å²) in [5.74, 6) is 0.917. The van der Waals surface area contributed by atoms with E-state index in [4.69, 9.17) is 10.5 Å². The lowest BCUT2D eigenvalue weighted by Gasteiger charge is -2.19. The highest BCUT2D eigenvalue weighted by molar-refractivity contribution is 14.1. The smallest absolute Gasteiger partial charge is 0.133 e. The molecule has 0 aliphatic heterocycles. The van der Waals surface area contributed by atoms with Crippen molar-refractivity contribution in [2.24, 2.45) is 5.73 Å². The maximum Gasteiger partial charge on any atom is 0.133 e. The molecule has 18 heavy (non-hydrogen) atoms. The van der Waals surface area contributed by atoms with E-state index in [-0.39, 0.29) is 6.10 Å². The number of ether oxygens (including phenoxy) is 1. The maximum atomic E-state index is 6.08. The predicted octanol–water partition coefficient (Wildman–Crippen LogP) is 3.76. The highest BCUT2D eigenvalue weighted by Gasteiger charge is 2.13. The van der Waals surface area contributed by atoms with Crippen molar-refractivity contribution in [2.45, 2.75) is 12.5 Å². The van der Waals surface area contributed by atoms with Crippen LogP contribution in [0.2, 0.25) is 0 Å². The zero-order valence-corrected chi connectivity index (χ0v) is 12.2. The molecule has 2 aromatic rings. The third kappa shape index (κ3) is 3.46. The Balaban J connectivity index is 2.19. The summed E-state index contributed by atoms with van der Waals surface area (Å²) in [6.45, 7) is 0.614. The van der Waals surface area contributed by atoms with Crippen molar-refractivity contribution in [2.75, 3.05) is 6.54 Å². The molecular weight excluding hydrogens is 337 g/mol. The fourth-order valence-electron chi connectivity index (χ4n) is 1.81. The van der Waals surface area contributed by atoms with Crippen LogP contribution in [0.3, 0.4) is 0 Å². The van der Waals surface area contributed by atoms with E-state index in [1.165, 1.54) is 5.56 Å². The molecule has 94 valence electrons. The van der Waals surface area contributed by atoms with Gasteiger partial charge in [-0.1, -0.05) is 42.5 Å². The monoisotopic (exact) mass is 353 g/mol. The Morgan fingerprint density at radius 2 is 1.67 bits per heavy atom. The molecule has 0 fully saturated rings. The van der Waals surface area contributed by atoms with Crippen LogP contribution >= 0.6 is 22.6 Å². The second-order valence-corrected chi connectivity index (χ2v) is 5.19. The molecule has 2 aromatic carbocycles. The van der Waals surface area contributed by atoms with Gasteiger partial charge in [0.05, 0.1) is 3.57 Å². The fraction of sp³-hybridized carbons (Fsp3) is 0.200. The van der Waals surface area contributed by atoms with E-state index < -0.39 is 0 Å². The molecule has 2 nitrogen and oxygen atoms in total. The zero-order chi connectivity index (χ0) is 12.8. The minimum Gasteiger partial charge on any atom is -0.485 e. The van der Waals surface area contributed by atoms with Gasteiger partial charge in [0.1, 0.15) is 11.9 Å². The summed E-state index contributed by atoms with van der Waals surface area (Å²) in [5, 5.41) is 0. The Morgan fingerprint density at radius 3 is 2.33 bits per heavy atom. The lowest BCUT2D eigenvalue weighted by atomic mass is 10.1. The highest BCUT2D eigenvalue weighted by atomic mass is 127. The minimum absolute atomic E-state index is 0.0205. The first kappa shape index (κ1) is 13.4. The number of halogens is 1. The average molecular weight is 353 g/mol. The van der Waals surface area contributed by atoms with Gasteiger partial charge in [-0.15, -0.1) is 0 Å². The molecule has 0 aliphatic rings. The summed E-state index contributed by atoms with van der Waals surface area (Å²) in [7, 11) is 0. The molecule has 0 saturated heterocycles. The molecule has 0 saturated carbocycles. The summed E-state index contributed by atoms with van der Waals surface area (Å²) in [4.78, 5) is 0. The molecule has 0 aromatic heterocycles. The Bertz CT molecular complexity index is 487. The van der Waals surface area contributed by atoms with Gasteiger partial charge >= 0.3 is 0 Å². The van der Waals surface area contributed by atoms with E-state index >= 15 is 0 Å². The van der Waals surface area contributed by atoms with Crippen molar-refractivity contribution < 1.29 is 4.74 Å². The topological polar surface area (TPSA) is 35.2 Å². The van der Waals surface area contributed by atoms with Crippen LogP contribution in [0.4, 0.5) is 0 Å². The summed E-state index contributed by atoms with van der Waals surface area (Å²) >= 11 is 2.29. The summed E-state index contributed by atoms with van der Waals surface area (Å²) in [6.07, 6.45) is 0.835. The van der Waals surface area contributed by atoms with Gasteiger partial charge in [-0.3, -0.25) is 0 Å². The van der Waals surface area contributed by atoms with Gasteiger partial charge in [0.15, 0.2) is 0 Å². The third-order valence-corrected chi connectivity index (χ3v) is 3.60. The van der Waals surface area contributed by atoms with E-state index in [1.54, 1.807) is 0 Å². The van der Waals surface area contributed by atoms with Crippen LogP contribution in [-0.2, 0) is 0 Å².